The van der Waals surface area contributed by atoms with Crippen molar-refractivity contribution in [3.63, 3.8) is 0 Å². The molecule has 0 aromatic carbocycles. The van der Waals surface area contributed by atoms with Crippen molar-refractivity contribution in [2.45, 2.75) is 59.1 Å². The van der Waals surface area contributed by atoms with Crippen LogP contribution in [0.3, 0.4) is 0 Å². The van der Waals surface area contributed by atoms with Crippen LogP contribution >= 0.6 is 12.6 Å². The Bertz CT molecular complexity index is 344. The molecule has 0 heterocycles. The number of hydrogen-bond donors (Lipinski definition) is 2. The molecule has 0 aliphatic heterocycles. The molecule has 1 aliphatic rings. The maximum Gasteiger partial charge on any atom is 0.329 e. The average Bonchev–Trinajstić information content (AvgIpc) is 2.22. The fourth-order valence-corrected chi connectivity index (χ4v) is 3.26. The zero-order chi connectivity index (χ0) is 14.6. The molecular formula is C14H25NO3S. The van der Waals surface area contributed by atoms with Gasteiger partial charge in [0.05, 0.1) is 0 Å². The van der Waals surface area contributed by atoms with Crippen molar-refractivity contribution in [3.05, 3.63) is 0 Å². The van der Waals surface area contributed by atoms with Crippen LogP contribution in [0.15, 0.2) is 0 Å². The molecule has 0 aromatic rings. The van der Waals surface area contributed by atoms with E-state index >= 15 is 0 Å². The highest BCUT2D eigenvalue weighted by molar-refractivity contribution is 7.80. The second-order valence-electron chi connectivity index (χ2n) is 6.41. The van der Waals surface area contributed by atoms with E-state index in [9.17, 15) is 9.59 Å². The first kappa shape index (κ1) is 16.3. The zero-order valence-corrected chi connectivity index (χ0v) is 13.1. The lowest BCUT2D eigenvalue weighted by molar-refractivity contribution is -0.156. The standard InChI is InChI=1S/C14H25NO3S/c1-9-5-11(7-14(3,4)6-9)18-13(17)12(8-19)15-10(2)16/h9,11-12,19H,5-8H2,1-4H3,(H,15,16)/t9?,11?,12-/m0/s1. The Labute approximate surface area is 121 Å². The maximum atomic E-state index is 12.0. The highest BCUT2D eigenvalue weighted by Crippen LogP contribution is 2.39. The predicted molar refractivity (Wildman–Crippen MR) is 78.1 cm³/mol. The monoisotopic (exact) mass is 287 g/mol. The van der Waals surface area contributed by atoms with Gasteiger partial charge in [-0.15, -0.1) is 0 Å². The molecule has 1 N–H and O–H groups in total. The summed E-state index contributed by atoms with van der Waals surface area (Å²) in [5.74, 6) is 0.189. The number of nitrogens with one attached hydrogen (secondary N) is 1. The molecule has 0 aromatic heterocycles. The molecule has 2 unspecified atom stereocenters. The lowest BCUT2D eigenvalue weighted by atomic mass is 9.71. The van der Waals surface area contributed by atoms with Gasteiger partial charge in [0.15, 0.2) is 0 Å². The van der Waals surface area contributed by atoms with E-state index in [1.54, 1.807) is 0 Å². The van der Waals surface area contributed by atoms with Crippen LogP contribution in [0.1, 0.15) is 47.0 Å². The van der Waals surface area contributed by atoms with Gasteiger partial charge in [0.25, 0.3) is 0 Å². The average molecular weight is 287 g/mol. The van der Waals surface area contributed by atoms with Crippen LogP contribution in [0.4, 0.5) is 0 Å². The predicted octanol–water partition coefficient (Wildman–Crippen LogP) is 2.18. The molecule has 1 aliphatic carbocycles. The van der Waals surface area contributed by atoms with Crippen molar-refractivity contribution in [3.8, 4) is 0 Å². The van der Waals surface area contributed by atoms with Crippen LogP contribution in [0, 0.1) is 11.3 Å². The smallest absolute Gasteiger partial charge is 0.329 e. The number of hydrogen-bond acceptors (Lipinski definition) is 4. The summed E-state index contributed by atoms with van der Waals surface area (Å²) in [6.45, 7) is 7.97. The summed E-state index contributed by atoms with van der Waals surface area (Å²) in [4.78, 5) is 23.0. The van der Waals surface area contributed by atoms with Crippen LogP contribution < -0.4 is 5.32 Å². The van der Waals surface area contributed by atoms with Crippen LogP contribution in [0.25, 0.3) is 0 Å². The van der Waals surface area contributed by atoms with E-state index in [0.717, 1.165) is 19.3 Å². The lowest BCUT2D eigenvalue weighted by Gasteiger charge is -2.38. The summed E-state index contributed by atoms with van der Waals surface area (Å²) < 4.78 is 5.55. The van der Waals surface area contributed by atoms with Crippen molar-refractivity contribution in [1.82, 2.24) is 5.32 Å². The van der Waals surface area contributed by atoms with Gasteiger partial charge in [0.2, 0.25) is 5.91 Å². The van der Waals surface area contributed by atoms with E-state index in [4.69, 9.17) is 4.74 Å². The zero-order valence-electron chi connectivity index (χ0n) is 12.2. The molecule has 1 amide bonds. The van der Waals surface area contributed by atoms with Crippen molar-refractivity contribution in [2.75, 3.05) is 5.75 Å². The van der Waals surface area contributed by atoms with Crippen LogP contribution in [-0.2, 0) is 14.3 Å². The third kappa shape index (κ3) is 5.43. The quantitative estimate of drug-likeness (QED) is 0.615. The number of carbonyl (C=O) groups is 2. The molecule has 0 spiro atoms. The molecule has 1 saturated carbocycles. The number of amides is 1. The summed E-state index contributed by atoms with van der Waals surface area (Å²) in [6.07, 6.45) is 2.88. The maximum absolute atomic E-state index is 12.0. The second-order valence-corrected chi connectivity index (χ2v) is 6.77. The minimum atomic E-state index is -0.652. The molecule has 3 atom stereocenters. The van der Waals surface area contributed by atoms with Gasteiger partial charge < -0.3 is 10.1 Å². The Morgan fingerprint density at radius 2 is 2.05 bits per heavy atom. The minimum Gasteiger partial charge on any atom is -0.461 e. The lowest BCUT2D eigenvalue weighted by Crippen LogP contribution is -2.44. The molecule has 0 saturated heterocycles. The van der Waals surface area contributed by atoms with Gasteiger partial charge in [0, 0.05) is 12.7 Å². The van der Waals surface area contributed by atoms with Crippen molar-refractivity contribution >= 4 is 24.5 Å². The highest BCUT2D eigenvalue weighted by Gasteiger charge is 2.35. The molecule has 1 fully saturated rings. The van der Waals surface area contributed by atoms with E-state index < -0.39 is 6.04 Å². The number of esters is 1. The molecule has 0 radical (unpaired) electrons. The van der Waals surface area contributed by atoms with Gasteiger partial charge in [-0.2, -0.15) is 12.6 Å². The summed E-state index contributed by atoms with van der Waals surface area (Å²) in [6, 6.07) is -0.652. The van der Waals surface area contributed by atoms with Gasteiger partial charge in [-0.25, -0.2) is 4.79 Å². The van der Waals surface area contributed by atoms with Crippen molar-refractivity contribution < 1.29 is 14.3 Å². The normalized spacial score (nSPS) is 27.4. The van der Waals surface area contributed by atoms with Crippen LogP contribution in [0.5, 0.6) is 0 Å². The van der Waals surface area contributed by atoms with E-state index in [-0.39, 0.29) is 29.1 Å². The molecule has 1 rings (SSSR count). The van der Waals surface area contributed by atoms with E-state index in [0.29, 0.717) is 5.92 Å². The summed E-state index contributed by atoms with van der Waals surface area (Å²) in [5.41, 5.74) is 0.201. The van der Waals surface area contributed by atoms with Gasteiger partial charge in [0.1, 0.15) is 12.1 Å². The van der Waals surface area contributed by atoms with Gasteiger partial charge in [-0.3, -0.25) is 4.79 Å². The van der Waals surface area contributed by atoms with Gasteiger partial charge >= 0.3 is 5.97 Å². The van der Waals surface area contributed by atoms with Crippen LogP contribution in [0.2, 0.25) is 0 Å². The fraction of sp³-hybridized carbons (Fsp3) is 0.857. The Kier molecular flexibility index (Phi) is 5.71. The number of ether oxygens (including phenoxy) is 1. The third-order valence-electron chi connectivity index (χ3n) is 3.47. The molecule has 5 heteroatoms. The Morgan fingerprint density at radius 3 is 2.53 bits per heavy atom. The Balaban J connectivity index is 2.57. The van der Waals surface area contributed by atoms with E-state index in [1.165, 1.54) is 6.92 Å². The summed E-state index contributed by atoms with van der Waals surface area (Å²) in [7, 11) is 0. The van der Waals surface area contributed by atoms with Crippen molar-refractivity contribution in [2.24, 2.45) is 11.3 Å². The third-order valence-corrected chi connectivity index (χ3v) is 3.84. The molecular weight excluding hydrogens is 262 g/mol. The summed E-state index contributed by atoms with van der Waals surface area (Å²) in [5, 5.41) is 2.56. The first-order valence-electron chi connectivity index (χ1n) is 6.82. The molecule has 19 heavy (non-hydrogen) atoms. The number of thiol groups is 1. The fourth-order valence-electron chi connectivity index (χ4n) is 3.02. The van der Waals surface area contributed by atoms with E-state index in [2.05, 4.69) is 38.7 Å². The minimum absolute atomic E-state index is 0.0533. The van der Waals surface area contributed by atoms with E-state index in [1.807, 2.05) is 0 Å². The summed E-state index contributed by atoms with van der Waals surface area (Å²) >= 11 is 4.08. The number of carbonyl (C=O) groups excluding carboxylic acids is 2. The van der Waals surface area contributed by atoms with Crippen molar-refractivity contribution in [1.29, 1.82) is 0 Å². The largest absolute Gasteiger partial charge is 0.461 e. The highest BCUT2D eigenvalue weighted by atomic mass is 32.1. The Hall–Kier alpha value is -0.710. The number of rotatable bonds is 4. The first-order valence-corrected chi connectivity index (χ1v) is 7.45. The van der Waals surface area contributed by atoms with Gasteiger partial charge in [-0.05, 0) is 30.6 Å². The molecule has 110 valence electrons. The molecule has 0 bridgehead atoms. The van der Waals surface area contributed by atoms with Crippen LogP contribution in [-0.4, -0.2) is 29.8 Å². The topological polar surface area (TPSA) is 55.4 Å². The first-order chi connectivity index (χ1) is 8.73. The van der Waals surface area contributed by atoms with Gasteiger partial charge in [-0.1, -0.05) is 20.8 Å². The Morgan fingerprint density at radius 1 is 1.42 bits per heavy atom. The second kappa shape index (κ2) is 6.64. The molecule has 4 nitrogen and oxygen atoms in total. The SMILES string of the molecule is CC(=O)N[C@@H](CS)C(=O)OC1CC(C)CC(C)(C)C1.